The molecule has 0 aliphatic carbocycles. The fourth-order valence-corrected chi connectivity index (χ4v) is 3.10. The number of likely N-dealkylation sites (N-methyl/N-ethyl adjacent to an activating group) is 1. The van der Waals surface area contributed by atoms with Gasteiger partial charge in [0.25, 0.3) is 0 Å². The van der Waals surface area contributed by atoms with Gasteiger partial charge < -0.3 is 4.57 Å². The van der Waals surface area contributed by atoms with Crippen LogP contribution in [-0.2, 0) is 22.7 Å². The van der Waals surface area contributed by atoms with Gasteiger partial charge in [-0.05, 0) is 18.5 Å². The molecule has 0 saturated carbocycles. The van der Waals surface area contributed by atoms with Gasteiger partial charge in [0.05, 0.1) is 19.6 Å². The van der Waals surface area contributed by atoms with Gasteiger partial charge in [-0.25, -0.2) is 9.97 Å². The number of nitriles is 1. The summed E-state index contributed by atoms with van der Waals surface area (Å²) in [5.41, 5.74) is 1.41. The van der Waals surface area contributed by atoms with E-state index >= 15 is 0 Å². The monoisotopic (exact) mass is 354 g/mol. The van der Waals surface area contributed by atoms with Crippen LogP contribution >= 0.6 is 0 Å². The van der Waals surface area contributed by atoms with Crippen molar-refractivity contribution in [1.29, 1.82) is 5.26 Å². The van der Waals surface area contributed by atoms with Crippen LogP contribution in [0.15, 0.2) is 12.3 Å². The fourth-order valence-electron chi connectivity index (χ4n) is 3.10. The Balaban J connectivity index is 2.04. The van der Waals surface area contributed by atoms with Crippen LogP contribution in [0, 0.1) is 16.7 Å². The molecule has 3 heterocycles. The largest absolute Gasteiger partial charge is 0.327 e. The molecule has 26 heavy (non-hydrogen) atoms. The minimum atomic E-state index is -0.208. The molecule has 8 nitrogen and oxygen atoms in total. The highest BCUT2D eigenvalue weighted by molar-refractivity contribution is 5.99. The van der Waals surface area contributed by atoms with Gasteiger partial charge in [0.2, 0.25) is 17.6 Å². The summed E-state index contributed by atoms with van der Waals surface area (Å²) in [6.07, 6.45) is 1.61. The van der Waals surface area contributed by atoms with Gasteiger partial charge in [0.1, 0.15) is 11.7 Å². The van der Waals surface area contributed by atoms with E-state index in [2.05, 4.69) is 30.7 Å². The lowest BCUT2D eigenvalue weighted by Crippen LogP contribution is -2.52. The molecule has 1 fully saturated rings. The summed E-state index contributed by atoms with van der Waals surface area (Å²) in [5.74, 6) is -0.315. The van der Waals surface area contributed by atoms with Crippen LogP contribution in [0.3, 0.4) is 0 Å². The second-order valence-electron chi connectivity index (χ2n) is 7.91. The van der Waals surface area contributed by atoms with Gasteiger partial charge in [-0.3, -0.25) is 19.4 Å². The number of amides is 2. The summed E-state index contributed by atoms with van der Waals surface area (Å²) in [6.45, 7) is 7.58. The molecular formula is C18H22N6O2. The Morgan fingerprint density at radius 1 is 1.23 bits per heavy atom. The molecule has 0 unspecified atom stereocenters. The van der Waals surface area contributed by atoms with Crippen molar-refractivity contribution >= 4 is 22.8 Å². The second-order valence-corrected chi connectivity index (χ2v) is 7.91. The summed E-state index contributed by atoms with van der Waals surface area (Å²) < 4.78 is 1.98. The normalized spacial score (nSPS) is 16.3. The molecule has 1 aliphatic rings. The van der Waals surface area contributed by atoms with Crippen LogP contribution < -0.4 is 0 Å². The number of carbonyl (C=O) groups is 2. The molecule has 0 bridgehead atoms. The van der Waals surface area contributed by atoms with Crippen molar-refractivity contribution in [2.24, 2.45) is 5.41 Å². The maximum atomic E-state index is 12.3. The molecule has 136 valence electrons. The highest BCUT2D eigenvalue weighted by Crippen LogP contribution is 2.25. The van der Waals surface area contributed by atoms with Crippen LogP contribution in [0.1, 0.15) is 32.3 Å². The van der Waals surface area contributed by atoms with Crippen molar-refractivity contribution in [2.45, 2.75) is 33.9 Å². The van der Waals surface area contributed by atoms with E-state index in [0.717, 1.165) is 11.1 Å². The maximum Gasteiger partial charge on any atom is 0.243 e. The zero-order valence-electron chi connectivity index (χ0n) is 15.5. The molecule has 1 aliphatic heterocycles. The summed E-state index contributed by atoms with van der Waals surface area (Å²) >= 11 is 0. The summed E-state index contributed by atoms with van der Waals surface area (Å²) in [6, 6.07) is 3.85. The maximum absolute atomic E-state index is 12.3. The number of fused-ring (bicyclic) bond motifs is 1. The van der Waals surface area contributed by atoms with Crippen LogP contribution in [0.2, 0.25) is 0 Å². The molecule has 1 saturated heterocycles. The molecule has 0 N–H and O–H groups in total. The number of hydrogen-bond acceptors (Lipinski definition) is 6. The van der Waals surface area contributed by atoms with Crippen LogP contribution in [0.25, 0.3) is 11.0 Å². The van der Waals surface area contributed by atoms with E-state index in [1.165, 1.54) is 4.90 Å². The molecule has 0 spiro atoms. The van der Waals surface area contributed by atoms with Crippen molar-refractivity contribution in [3.63, 3.8) is 0 Å². The lowest BCUT2D eigenvalue weighted by Gasteiger charge is -2.31. The van der Waals surface area contributed by atoms with Crippen LogP contribution in [0.4, 0.5) is 0 Å². The van der Waals surface area contributed by atoms with E-state index in [4.69, 9.17) is 5.26 Å². The van der Waals surface area contributed by atoms with Gasteiger partial charge in [-0.1, -0.05) is 20.8 Å². The van der Waals surface area contributed by atoms with E-state index in [0.29, 0.717) is 12.2 Å². The molecule has 3 rings (SSSR count). The van der Waals surface area contributed by atoms with Gasteiger partial charge in [-0.15, -0.1) is 0 Å². The first-order chi connectivity index (χ1) is 12.2. The summed E-state index contributed by atoms with van der Waals surface area (Å²) in [4.78, 5) is 36.0. The SMILES string of the molecule is CN1CC(=O)N(Cc2cc3cnc(C#N)nc3n2CC(C)(C)C)C(=O)C1. The number of imide groups is 1. The smallest absolute Gasteiger partial charge is 0.243 e. The highest BCUT2D eigenvalue weighted by Gasteiger charge is 2.30. The minimum Gasteiger partial charge on any atom is -0.327 e. The number of aromatic nitrogens is 3. The lowest BCUT2D eigenvalue weighted by atomic mass is 9.97. The van der Waals surface area contributed by atoms with E-state index in [1.54, 1.807) is 18.1 Å². The van der Waals surface area contributed by atoms with E-state index in [-0.39, 0.29) is 42.7 Å². The lowest BCUT2D eigenvalue weighted by molar-refractivity contribution is -0.151. The van der Waals surface area contributed by atoms with Crippen molar-refractivity contribution < 1.29 is 9.59 Å². The Morgan fingerprint density at radius 3 is 2.46 bits per heavy atom. The number of carbonyl (C=O) groups excluding carboxylic acids is 2. The molecule has 0 atom stereocenters. The Hall–Kier alpha value is -2.79. The molecule has 2 aromatic rings. The van der Waals surface area contributed by atoms with Crippen molar-refractivity contribution in [3.05, 3.63) is 23.8 Å². The third kappa shape index (κ3) is 3.58. The topological polar surface area (TPSA) is 95.1 Å². The first-order valence-electron chi connectivity index (χ1n) is 8.45. The second kappa shape index (κ2) is 6.50. The third-order valence-corrected chi connectivity index (χ3v) is 4.19. The minimum absolute atomic E-state index is 0.0470. The predicted octanol–water partition coefficient (Wildman–Crippen LogP) is 1.15. The van der Waals surface area contributed by atoms with E-state index < -0.39 is 0 Å². The highest BCUT2D eigenvalue weighted by atomic mass is 16.2. The number of hydrogen-bond donors (Lipinski definition) is 0. The Morgan fingerprint density at radius 2 is 1.88 bits per heavy atom. The van der Waals surface area contributed by atoms with Crippen molar-refractivity contribution in [3.8, 4) is 6.07 Å². The summed E-state index contributed by atoms with van der Waals surface area (Å²) in [5, 5.41) is 9.89. The first-order valence-corrected chi connectivity index (χ1v) is 8.45. The van der Waals surface area contributed by atoms with Gasteiger partial charge >= 0.3 is 0 Å². The van der Waals surface area contributed by atoms with Crippen LogP contribution in [-0.4, -0.2) is 56.3 Å². The molecule has 8 heteroatoms. The first kappa shape index (κ1) is 18.0. The van der Waals surface area contributed by atoms with Gasteiger partial charge in [-0.2, -0.15) is 5.26 Å². The Bertz CT molecular complexity index is 900. The fraction of sp³-hybridized carbons (Fsp3) is 0.500. The van der Waals surface area contributed by atoms with Crippen LogP contribution in [0.5, 0.6) is 0 Å². The van der Waals surface area contributed by atoms with Gasteiger partial charge in [0.15, 0.2) is 0 Å². The predicted molar refractivity (Wildman–Crippen MR) is 94.8 cm³/mol. The van der Waals surface area contributed by atoms with Crippen molar-refractivity contribution in [1.82, 2.24) is 24.3 Å². The average molecular weight is 354 g/mol. The molecule has 2 aromatic heterocycles. The Labute approximate surface area is 152 Å². The zero-order chi connectivity index (χ0) is 19.1. The average Bonchev–Trinajstić information content (AvgIpc) is 2.86. The van der Waals surface area contributed by atoms with E-state index in [9.17, 15) is 9.59 Å². The quantitative estimate of drug-likeness (QED) is 0.767. The molecule has 2 amide bonds. The van der Waals surface area contributed by atoms with E-state index in [1.807, 2.05) is 16.7 Å². The molecular weight excluding hydrogens is 332 g/mol. The third-order valence-electron chi connectivity index (χ3n) is 4.19. The standard InChI is InChI=1S/C18H22N6O2/c1-18(2,3)11-24-13(5-12-7-20-14(6-19)21-17(12)24)8-23-15(25)9-22(4)10-16(23)26/h5,7H,8-11H2,1-4H3. The Kier molecular flexibility index (Phi) is 4.50. The number of rotatable bonds is 3. The van der Waals surface area contributed by atoms with Crippen molar-refractivity contribution in [2.75, 3.05) is 20.1 Å². The zero-order valence-corrected chi connectivity index (χ0v) is 15.5. The summed E-state index contributed by atoms with van der Waals surface area (Å²) in [7, 11) is 1.75. The van der Waals surface area contributed by atoms with Gasteiger partial charge in [0, 0.05) is 23.8 Å². The number of nitrogens with zero attached hydrogens (tertiary/aromatic N) is 6. The number of piperazine rings is 1. The molecule has 0 aromatic carbocycles. The molecule has 0 radical (unpaired) electrons.